The lowest BCUT2D eigenvalue weighted by Crippen LogP contribution is -2.00. The highest BCUT2D eigenvalue weighted by atomic mass is 35.5. The van der Waals surface area contributed by atoms with Gasteiger partial charge >= 0.3 is 0 Å². The van der Waals surface area contributed by atoms with Crippen molar-refractivity contribution < 1.29 is 9.13 Å². The van der Waals surface area contributed by atoms with Crippen LogP contribution in [0.4, 0.5) is 4.39 Å². The molecule has 0 bridgehead atoms. The minimum Gasteiger partial charge on any atom is -0.491 e. The first-order valence-electron chi connectivity index (χ1n) is 6.72. The molecule has 106 valence electrons. The summed E-state index contributed by atoms with van der Waals surface area (Å²) in [6, 6.07) is 10.8. The molecule has 3 rings (SSSR count). The van der Waals surface area contributed by atoms with Gasteiger partial charge in [0.1, 0.15) is 23.2 Å². The van der Waals surface area contributed by atoms with E-state index >= 15 is 0 Å². The van der Waals surface area contributed by atoms with E-state index in [1.807, 2.05) is 31.2 Å². The molecule has 2 aromatic rings. The minimum atomic E-state index is -0.526. The number of nitriles is 1. The van der Waals surface area contributed by atoms with E-state index in [1.54, 1.807) is 6.07 Å². The molecule has 0 N–H and O–H groups in total. The van der Waals surface area contributed by atoms with E-state index in [-0.39, 0.29) is 11.5 Å². The van der Waals surface area contributed by atoms with Gasteiger partial charge in [-0.25, -0.2) is 4.39 Å². The predicted molar refractivity (Wildman–Crippen MR) is 79.3 cm³/mol. The summed E-state index contributed by atoms with van der Waals surface area (Å²) >= 11 is 5.99. The Morgan fingerprint density at radius 2 is 2.24 bits per heavy atom. The van der Waals surface area contributed by atoms with E-state index < -0.39 is 5.82 Å². The smallest absolute Gasteiger partial charge is 0.145 e. The van der Waals surface area contributed by atoms with E-state index in [4.69, 9.17) is 21.6 Å². The maximum atomic E-state index is 14.1. The number of hydrogen-bond acceptors (Lipinski definition) is 2. The van der Waals surface area contributed by atoms with Gasteiger partial charge < -0.3 is 4.74 Å². The molecule has 2 aromatic carbocycles. The fraction of sp³-hybridized carbons (Fsp3) is 0.235. The molecule has 21 heavy (non-hydrogen) atoms. The Morgan fingerprint density at radius 3 is 2.95 bits per heavy atom. The van der Waals surface area contributed by atoms with Crippen LogP contribution < -0.4 is 4.74 Å². The Kier molecular flexibility index (Phi) is 3.57. The van der Waals surface area contributed by atoms with Gasteiger partial charge in [-0.2, -0.15) is 5.26 Å². The molecule has 0 saturated carbocycles. The average molecular weight is 302 g/mol. The molecule has 1 heterocycles. The summed E-state index contributed by atoms with van der Waals surface area (Å²) in [6.45, 7) is 2.50. The number of hydrogen-bond donors (Lipinski definition) is 0. The molecule has 4 heteroatoms. The number of halogens is 2. The predicted octanol–water partition coefficient (Wildman–Crippen LogP) is 4.44. The van der Waals surface area contributed by atoms with Crippen LogP contribution in [-0.2, 0) is 6.42 Å². The van der Waals surface area contributed by atoms with E-state index in [0.717, 1.165) is 16.7 Å². The highest BCUT2D eigenvalue weighted by Gasteiger charge is 2.29. The third kappa shape index (κ3) is 2.48. The first kappa shape index (κ1) is 13.9. The van der Waals surface area contributed by atoms with Gasteiger partial charge in [-0.3, -0.25) is 0 Å². The molecular formula is C17H13ClFNO. The maximum Gasteiger partial charge on any atom is 0.145 e. The largest absolute Gasteiger partial charge is 0.491 e. The van der Waals surface area contributed by atoms with Crippen molar-refractivity contribution in [3.8, 4) is 11.8 Å². The van der Waals surface area contributed by atoms with Crippen LogP contribution in [0.3, 0.4) is 0 Å². The standard InChI is InChI=1S/C17H13ClFNO/c1-10-9-21-17-14(8-20)15(19)7-12(16(10)17)5-11-3-2-4-13(18)6-11/h2-4,6-7,10H,5,9H2,1H3. The summed E-state index contributed by atoms with van der Waals surface area (Å²) in [5.74, 6) is 0.0336. The Bertz CT molecular complexity index is 751. The van der Waals surface area contributed by atoms with Gasteiger partial charge in [0.2, 0.25) is 0 Å². The van der Waals surface area contributed by atoms with E-state index in [9.17, 15) is 4.39 Å². The first-order valence-corrected chi connectivity index (χ1v) is 7.10. The molecule has 0 aromatic heterocycles. The lowest BCUT2D eigenvalue weighted by Gasteiger charge is -2.12. The zero-order chi connectivity index (χ0) is 15.0. The van der Waals surface area contributed by atoms with Gasteiger partial charge in [-0.15, -0.1) is 0 Å². The first-order chi connectivity index (χ1) is 10.1. The van der Waals surface area contributed by atoms with Crippen molar-refractivity contribution in [1.29, 1.82) is 5.26 Å². The van der Waals surface area contributed by atoms with Crippen LogP contribution in [0.2, 0.25) is 5.02 Å². The fourth-order valence-corrected chi connectivity index (χ4v) is 3.00. The SMILES string of the molecule is CC1COc2c(C#N)c(F)cc(Cc3cccc(Cl)c3)c21. The summed E-state index contributed by atoms with van der Waals surface area (Å²) in [6.07, 6.45) is 0.569. The molecule has 1 aliphatic rings. The van der Waals surface area contributed by atoms with Crippen molar-refractivity contribution in [2.45, 2.75) is 19.3 Å². The van der Waals surface area contributed by atoms with Crippen LogP contribution in [0, 0.1) is 17.1 Å². The number of ether oxygens (including phenoxy) is 1. The molecule has 2 nitrogen and oxygen atoms in total. The Labute approximate surface area is 127 Å². The normalized spacial score (nSPS) is 16.2. The van der Waals surface area contributed by atoms with Gasteiger partial charge in [0.05, 0.1) is 6.61 Å². The van der Waals surface area contributed by atoms with Crippen molar-refractivity contribution in [2.24, 2.45) is 0 Å². The lowest BCUT2D eigenvalue weighted by molar-refractivity contribution is 0.335. The van der Waals surface area contributed by atoms with Gasteiger partial charge in [0.25, 0.3) is 0 Å². The second-order valence-corrected chi connectivity index (χ2v) is 5.70. The van der Waals surface area contributed by atoms with E-state index in [0.29, 0.717) is 23.8 Å². The molecule has 0 spiro atoms. The zero-order valence-electron chi connectivity index (χ0n) is 11.5. The Hall–Kier alpha value is -2.05. The Morgan fingerprint density at radius 1 is 1.43 bits per heavy atom. The van der Waals surface area contributed by atoms with Gasteiger partial charge in [-0.1, -0.05) is 30.7 Å². The van der Waals surface area contributed by atoms with Crippen LogP contribution in [-0.4, -0.2) is 6.61 Å². The number of fused-ring (bicyclic) bond motifs is 1. The molecule has 0 fully saturated rings. The van der Waals surface area contributed by atoms with Crippen molar-refractivity contribution in [3.63, 3.8) is 0 Å². The van der Waals surface area contributed by atoms with Crippen molar-refractivity contribution >= 4 is 11.6 Å². The van der Waals surface area contributed by atoms with E-state index in [2.05, 4.69) is 0 Å². The second-order valence-electron chi connectivity index (χ2n) is 5.27. The number of benzene rings is 2. The zero-order valence-corrected chi connectivity index (χ0v) is 12.2. The highest BCUT2D eigenvalue weighted by molar-refractivity contribution is 6.30. The third-order valence-electron chi connectivity index (χ3n) is 3.72. The van der Waals surface area contributed by atoms with Gasteiger partial charge in [-0.05, 0) is 35.7 Å². The lowest BCUT2D eigenvalue weighted by atomic mass is 9.91. The molecule has 1 atom stereocenters. The number of rotatable bonds is 2. The van der Waals surface area contributed by atoms with Crippen molar-refractivity contribution in [2.75, 3.05) is 6.61 Å². The minimum absolute atomic E-state index is 0.00388. The average Bonchev–Trinajstić information content (AvgIpc) is 2.81. The summed E-state index contributed by atoms with van der Waals surface area (Å²) in [4.78, 5) is 0. The van der Waals surface area contributed by atoms with Gasteiger partial charge in [0.15, 0.2) is 0 Å². The summed E-state index contributed by atoms with van der Waals surface area (Å²) < 4.78 is 19.6. The third-order valence-corrected chi connectivity index (χ3v) is 3.96. The molecule has 0 saturated heterocycles. The van der Waals surface area contributed by atoms with E-state index in [1.165, 1.54) is 6.07 Å². The topological polar surface area (TPSA) is 33.0 Å². The summed E-state index contributed by atoms with van der Waals surface area (Å²) in [5.41, 5.74) is 2.80. The Balaban J connectivity index is 2.10. The summed E-state index contributed by atoms with van der Waals surface area (Å²) in [5, 5.41) is 9.75. The van der Waals surface area contributed by atoms with Crippen LogP contribution in [0.25, 0.3) is 0 Å². The second kappa shape index (κ2) is 5.38. The van der Waals surface area contributed by atoms with Crippen LogP contribution in [0.15, 0.2) is 30.3 Å². The summed E-state index contributed by atoms with van der Waals surface area (Å²) in [7, 11) is 0. The monoisotopic (exact) mass is 301 g/mol. The molecule has 0 amide bonds. The maximum absolute atomic E-state index is 14.1. The highest BCUT2D eigenvalue weighted by Crippen LogP contribution is 2.41. The quantitative estimate of drug-likeness (QED) is 0.821. The van der Waals surface area contributed by atoms with Crippen LogP contribution >= 0.6 is 11.6 Å². The van der Waals surface area contributed by atoms with Crippen LogP contribution in [0.5, 0.6) is 5.75 Å². The molecular weight excluding hydrogens is 289 g/mol. The fourth-order valence-electron chi connectivity index (χ4n) is 2.79. The number of nitrogens with zero attached hydrogens (tertiary/aromatic N) is 1. The molecule has 1 aliphatic heterocycles. The van der Waals surface area contributed by atoms with Crippen molar-refractivity contribution in [3.05, 3.63) is 63.4 Å². The van der Waals surface area contributed by atoms with Gasteiger partial charge in [0, 0.05) is 16.5 Å². The molecule has 1 unspecified atom stereocenters. The molecule has 0 aliphatic carbocycles. The van der Waals surface area contributed by atoms with Crippen molar-refractivity contribution in [1.82, 2.24) is 0 Å². The molecule has 0 radical (unpaired) electrons. The van der Waals surface area contributed by atoms with Crippen LogP contribution in [0.1, 0.15) is 35.1 Å².